The second-order valence-electron chi connectivity index (χ2n) is 11.3. The van der Waals surface area contributed by atoms with Crippen LogP contribution in [-0.4, -0.2) is 64.5 Å². The van der Waals surface area contributed by atoms with Crippen molar-refractivity contribution < 1.29 is 22.7 Å². The standard InChI is InChI=1S/C35H33BrClN3O5S3/c1-3-45-35(42)32-23(2)27-22-26(11-12-31(27)47-32)48(43,44)40(15-13-24-7-6-8-25(37)21-24)30-10-5-4-9-29(30)38-16-18-39(19-17-38)34(41)33-28(36)14-20-46-33/h4-12,14,20-22H,3,13,15-19H2,1-2H3. The summed E-state index contributed by atoms with van der Waals surface area (Å²) in [6.07, 6.45) is 0.429. The lowest BCUT2D eigenvalue weighted by Crippen LogP contribution is -2.49. The van der Waals surface area contributed by atoms with Gasteiger partial charge in [0.25, 0.3) is 15.9 Å². The number of hydrogen-bond acceptors (Lipinski definition) is 8. The first-order valence-corrected chi connectivity index (χ1v) is 19.7. The molecule has 1 aliphatic rings. The number of para-hydroxylation sites is 2. The van der Waals surface area contributed by atoms with E-state index >= 15 is 0 Å². The van der Waals surface area contributed by atoms with Crippen LogP contribution < -0.4 is 9.21 Å². The highest BCUT2D eigenvalue weighted by molar-refractivity contribution is 9.10. The Kier molecular flexibility index (Phi) is 10.5. The molecule has 3 heterocycles. The van der Waals surface area contributed by atoms with Gasteiger partial charge in [0.05, 0.1) is 22.9 Å². The molecule has 0 bridgehead atoms. The number of fused-ring (bicyclic) bond motifs is 1. The number of piperazine rings is 1. The third kappa shape index (κ3) is 7.00. The Morgan fingerprint density at radius 2 is 1.75 bits per heavy atom. The third-order valence-electron chi connectivity index (χ3n) is 8.32. The number of nitrogens with zero attached hydrogens (tertiary/aromatic N) is 3. The van der Waals surface area contributed by atoms with Crippen LogP contribution in [0.25, 0.3) is 10.1 Å². The molecule has 0 atom stereocenters. The van der Waals surface area contributed by atoms with E-state index in [1.54, 1.807) is 31.2 Å². The van der Waals surface area contributed by atoms with Gasteiger partial charge in [-0.25, -0.2) is 13.2 Å². The van der Waals surface area contributed by atoms with Gasteiger partial charge in [-0.15, -0.1) is 22.7 Å². The van der Waals surface area contributed by atoms with Crippen LogP contribution in [0.1, 0.15) is 37.4 Å². The van der Waals surface area contributed by atoms with Crippen molar-refractivity contribution in [1.29, 1.82) is 0 Å². The number of anilines is 2. The van der Waals surface area contributed by atoms with Crippen LogP contribution in [0.3, 0.4) is 0 Å². The molecule has 0 spiro atoms. The van der Waals surface area contributed by atoms with Gasteiger partial charge in [-0.1, -0.05) is 35.9 Å². The molecule has 0 aliphatic carbocycles. The summed E-state index contributed by atoms with van der Waals surface area (Å²) >= 11 is 12.5. The molecule has 0 radical (unpaired) electrons. The molecular weight excluding hydrogens is 754 g/mol. The summed E-state index contributed by atoms with van der Waals surface area (Å²) < 4.78 is 37.7. The summed E-state index contributed by atoms with van der Waals surface area (Å²) in [4.78, 5) is 31.0. The van der Waals surface area contributed by atoms with E-state index < -0.39 is 16.0 Å². The van der Waals surface area contributed by atoms with Crippen LogP contribution >= 0.6 is 50.2 Å². The number of halogens is 2. The predicted molar refractivity (Wildman–Crippen MR) is 199 cm³/mol. The molecule has 1 fully saturated rings. The minimum atomic E-state index is -4.09. The molecule has 5 aromatic rings. The van der Waals surface area contributed by atoms with Crippen molar-refractivity contribution in [3.8, 4) is 0 Å². The molecule has 0 saturated carbocycles. The predicted octanol–water partition coefficient (Wildman–Crippen LogP) is 8.26. The van der Waals surface area contributed by atoms with Crippen LogP contribution in [0.4, 0.5) is 11.4 Å². The van der Waals surface area contributed by atoms with E-state index in [1.165, 1.54) is 27.0 Å². The molecule has 1 aliphatic heterocycles. The number of thiophene rings is 2. The Morgan fingerprint density at radius 1 is 0.979 bits per heavy atom. The molecule has 6 rings (SSSR count). The Bertz CT molecular complexity index is 2090. The smallest absolute Gasteiger partial charge is 0.348 e. The van der Waals surface area contributed by atoms with Gasteiger partial charge in [0.2, 0.25) is 0 Å². The number of carbonyl (C=O) groups excluding carboxylic acids is 2. The van der Waals surface area contributed by atoms with Gasteiger partial charge in [0.1, 0.15) is 9.75 Å². The van der Waals surface area contributed by atoms with E-state index in [9.17, 15) is 18.0 Å². The maximum atomic E-state index is 14.7. The molecule has 2 aromatic heterocycles. The first-order chi connectivity index (χ1) is 23.1. The summed E-state index contributed by atoms with van der Waals surface area (Å²) in [6.45, 7) is 6.09. The maximum Gasteiger partial charge on any atom is 0.348 e. The summed E-state index contributed by atoms with van der Waals surface area (Å²) in [5.41, 5.74) is 2.93. The highest BCUT2D eigenvalue weighted by atomic mass is 79.9. The monoisotopic (exact) mass is 785 g/mol. The quantitative estimate of drug-likeness (QED) is 0.133. The first kappa shape index (κ1) is 34.4. The zero-order valence-electron chi connectivity index (χ0n) is 26.3. The van der Waals surface area contributed by atoms with Crippen LogP contribution in [0.2, 0.25) is 5.02 Å². The van der Waals surface area contributed by atoms with E-state index in [1.807, 2.05) is 65.7 Å². The molecule has 1 amide bonds. The van der Waals surface area contributed by atoms with Crippen molar-refractivity contribution in [2.45, 2.75) is 25.2 Å². The number of ether oxygens (including phenoxy) is 1. The summed E-state index contributed by atoms with van der Waals surface area (Å²) in [6, 6.07) is 21.8. The van der Waals surface area contributed by atoms with Crippen molar-refractivity contribution in [3.05, 3.63) is 109 Å². The lowest BCUT2D eigenvalue weighted by Gasteiger charge is -2.38. The van der Waals surface area contributed by atoms with E-state index in [2.05, 4.69) is 20.8 Å². The molecule has 8 nitrogen and oxygen atoms in total. The number of hydrogen-bond donors (Lipinski definition) is 0. The van der Waals surface area contributed by atoms with Crippen molar-refractivity contribution >= 4 is 93.6 Å². The summed E-state index contributed by atoms with van der Waals surface area (Å²) in [7, 11) is -4.09. The van der Waals surface area contributed by atoms with Gasteiger partial charge >= 0.3 is 5.97 Å². The average Bonchev–Trinajstić information content (AvgIpc) is 3.67. The number of amides is 1. The Morgan fingerprint density at radius 3 is 2.46 bits per heavy atom. The van der Waals surface area contributed by atoms with Gasteiger partial charge in [-0.2, -0.15) is 0 Å². The molecule has 48 heavy (non-hydrogen) atoms. The van der Waals surface area contributed by atoms with E-state index in [4.69, 9.17) is 16.3 Å². The van der Waals surface area contributed by atoms with Crippen molar-refractivity contribution in [2.24, 2.45) is 0 Å². The van der Waals surface area contributed by atoms with E-state index in [-0.39, 0.29) is 24.0 Å². The van der Waals surface area contributed by atoms with Gasteiger partial charge in [0, 0.05) is 46.9 Å². The minimum Gasteiger partial charge on any atom is -0.462 e. The fourth-order valence-corrected chi connectivity index (χ4v) is 10.2. The number of aryl methyl sites for hydroxylation is 1. The van der Waals surface area contributed by atoms with Crippen LogP contribution in [0.15, 0.2) is 87.5 Å². The van der Waals surface area contributed by atoms with Gasteiger partial charge < -0.3 is 14.5 Å². The first-order valence-electron chi connectivity index (χ1n) is 15.4. The van der Waals surface area contributed by atoms with Crippen LogP contribution in [-0.2, 0) is 21.2 Å². The van der Waals surface area contributed by atoms with E-state index in [0.29, 0.717) is 64.0 Å². The number of sulfonamides is 1. The van der Waals surface area contributed by atoms with Gasteiger partial charge in [-0.3, -0.25) is 9.10 Å². The van der Waals surface area contributed by atoms with Crippen molar-refractivity contribution in [1.82, 2.24) is 4.90 Å². The molecule has 250 valence electrons. The molecule has 0 unspecified atom stereocenters. The van der Waals surface area contributed by atoms with Crippen LogP contribution in [0.5, 0.6) is 0 Å². The Labute approximate surface area is 301 Å². The summed E-state index contributed by atoms with van der Waals surface area (Å²) in [5.74, 6) is -0.428. The minimum absolute atomic E-state index is 0.0132. The topological polar surface area (TPSA) is 87.2 Å². The Balaban J connectivity index is 1.35. The third-order valence-corrected chi connectivity index (χ3v) is 13.4. The molecule has 13 heteroatoms. The number of benzene rings is 3. The number of rotatable bonds is 10. The van der Waals surface area contributed by atoms with E-state index in [0.717, 1.165) is 20.4 Å². The highest BCUT2D eigenvalue weighted by Gasteiger charge is 2.31. The second-order valence-corrected chi connectivity index (χ2v) is 16.4. The number of esters is 1. The highest BCUT2D eigenvalue weighted by Crippen LogP contribution is 2.37. The van der Waals surface area contributed by atoms with Crippen molar-refractivity contribution in [2.75, 3.05) is 48.5 Å². The van der Waals surface area contributed by atoms with Crippen LogP contribution in [0, 0.1) is 6.92 Å². The van der Waals surface area contributed by atoms with Gasteiger partial charge in [0.15, 0.2) is 0 Å². The average molecular weight is 787 g/mol. The number of carbonyl (C=O) groups is 2. The second kappa shape index (κ2) is 14.6. The molecular formula is C35H33BrClN3O5S3. The molecule has 3 aromatic carbocycles. The largest absolute Gasteiger partial charge is 0.462 e. The van der Waals surface area contributed by atoms with Crippen molar-refractivity contribution in [3.63, 3.8) is 0 Å². The lowest BCUT2D eigenvalue weighted by atomic mass is 10.1. The SMILES string of the molecule is CCOC(=O)c1sc2ccc(S(=O)(=O)N(CCc3cccc(Cl)c3)c3ccccc3N3CCN(C(=O)c4sccc4Br)CC3)cc2c1C. The zero-order chi connectivity index (χ0) is 34.0. The lowest BCUT2D eigenvalue weighted by molar-refractivity contribution is 0.0531. The zero-order valence-corrected chi connectivity index (χ0v) is 31.1. The maximum absolute atomic E-state index is 14.7. The fourth-order valence-electron chi connectivity index (χ4n) is 5.86. The molecule has 1 saturated heterocycles. The normalized spacial score (nSPS) is 13.6. The Hall–Kier alpha value is -3.42. The fraction of sp³-hybridized carbons (Fsp3) is 0.257. The van der Waals surface area contributed by atoms with Gasteiger partial charge in [-0.05, 0) is 107 Å². The summed E-state index contributed by atoms with van der Waals surface area (Å²) in [5, 5.41) is 3.17. The molecule has 0 N–H and O–H groups in total.